The lowest BCUT2D eigenvalue weighted by Crippen LogP contribution is -1.91. The summed E-state index contributed by atoms with van der Waals surface area (Å²) in [5.41, 5.74) is 1.85. The molecule has 0 aliphatic rings. The molecule has 20 heavy (non-hydrogen) atoms. The summed E-state index contributed by atoms with van der Waals surface area (Å²) in [5, 5.41) is 0.670. The Morgan fingerprint density at radius 3 is 2.55 bits per heavy atom. The Hall–Kier alpha value is -2.01. The van der Waals surface area contributed by atoms with Crippen LogP contribution in [0.2, 0.25) is 0 Å². The van der Waals surface area contributed by atoms with Gasteiger partial charge < -0.3 is 9.47 Å². The lowest BCUT2D eigenvalue weighted by molar-refractivity contribution is 0.412. The summed E-state index contributed by atoms with van der Waals surface area (Å²) in [6.45, 7) is 0. The summed E-state index contributed by atoms with van der Waals surface area (Å²) in [4.78, 5) is 4.50. The second kappa shape index (κ2) is 5.54. The molecular formula is C15H13BrN2O2. The molecule has 3 aromatic rings. The van der Waals surface area contributed by atoms with Gasteiger partial charge in [0.2, 0.25) is 5.88 Å². The van der Waals surface area contributed by atoms with E-state index < -0.39 is 0 Å². The molecule has 1 aromatic carbocycles. The van der Waals surface area contributed by atoms with Gasteiger partial charge in [-0.25, -0.2) is 0 Å². The Kier molecular flexibility index (Phi) is 3.60. The van der Waals surface area contributed by atoms with E-state index in [9.17, 15) is 0 Å². The number of nitrogens with zero attached hydrogens (tertiary/aromatic N) is 2. The minimum atomic E-state index is 0.609. The van der Waals surface area contributed by atoms with Crippen LogP contribution in [0.15, 0.2) is 48.7 Å². The molecule has 0 aliphatic carbocycles. The molecule has 0 aliphatic heterocycles. The van der Waals surface area contributed by atoms with E-state index in [2.05, 4.69) is 20.9 Å². The van der Waals surface area contributed by atoms with Crippen LogP contribution in [0.25, 0.3) is 5.65 Å². The molecule has 0 atom stereocenters. The first kappa shape index (κ1) is 13.0. The topological polar surface area (TPSA) is 35.8 Å². The Morgan fingerprint density at radius 1 is 1.10 bits per heavy atom. The predicted octanol–water partition coefficient (Wildman–Crippen LogP) is 4.03. The Labute approximate surface area is 125 Å². The first-order chi connectivity index (χ1) is 9.81. The Morgan fingerprint density at radius 2 is 1.85 bits per heavy atom. The van der Waals surface area contributed by atoms with Gasteiger partial charge in [0.05, 0.1) is 12.8 Å². The van der Waals surface area contributed by atoms with Crippen LogP contribution in [0.5, 0.6) is 17.4 Å². The monoisotopic (exact) mass is 332 g/mol. The highest BCUT2D eigenvalue weighted by atomic mass is 79.9. The zero-order valence-electron chi connectivity index (χ0n) is 10.9. The number of pyridine rings is 1. The van der Waals surface area contributed by atoms with E-state index in [0.717, 1.165) is 22.8 Å². The number of ether oxygens (including phenoxy) is 2. The number of fused-ring (bicyclic) bond motifs is 1. The summed E-state index contributed by atoms with van der Waals surface area (Å²) in [7, 11) is 1.64. The van der Waals surface area contributed by atoms with Crippen LogP contribution in [0.4, 0.5) is 0 Å². The average molecular weight is 333 g/mol. The number of aromatic nitrogens is 2. The predicted molar refractivity (Wildman–Crippen MR) is 80.9 cm³/mol. The summed E-state index contributed by atoms with van der Waals surface area (Å²) in [5.74, 6) is 2.14. The maximum atomic E-state index is 5.87. The van der Waals surface area contributed by atoms with Crippen molar-refractivity contribution in [1.29, 1.82) is 0 Å². The third-order valence-corrected chi connectivity index (χ3v) is 3.52. The average Bonchev–Trinajstić information content (AvgIpc) is 2.85. The first-order valence-corrected chi connectivity index (χ1v) is 7.28. The molecule has 5 heteroatoms. The highest BCUT2D eigenvalue weighted by molar-refractivity contribution is 9.08. The SMILES string of the molecule is COc1ccc(Oc2nc3ccccn3c2CBr)cc1. The van der Waals surface area contributed by atoms with Crippen LogP contribution >= 0.6 is 15.9 Å². The zero-order valence-corrected chi connectivity index (χ0v) is 12.5. The van der Waals surface area contributed by atoms with Gasteiger partial charge in [0, 0.05) is 11.5 Å². The van der Waals surface area contributed by atoms with Crippen LogP contribution in [-0.2, 0) is 5.33 Å². The molecule has 3 rings (SSSR count). The minimum absolute atomic E-state index is 0.609. The van der Waals surface area contributed by atoms with Gasteiger partial charge in [0.1, 0.15) is 17.1 Å². The maximum Gasteiger partial charge on any atom is 0.242 e. The molecule has 0 fully saturated rings. The van der Waals surface area contributed by atoms with Crippen LogP contribution < -0.4 is 9.47 Å². The molecule has 2 aromatic heterocycles. The van der Waals surface area contributed by atoms with Crippen LogP contribution in [0.3, 0.4) is 0 Å². The van der Waals surface area contributed by atoms with E-state index in [4.69, 9.17) is 9.47 Å². The Balaban J connectivity index is 1.96. The van der Waals surface area contributed by atoms with Gasteiger partial charge in [0.25, 0.3) is 0 Å². The quantitative estimate of drug-likeness (QED) is 0.676. The van der Waals surface area contributed by atoms with Gasteiger partial charge in [-0.2, -0.15) is 4.98 Å². The van der Waals surface area contributed by atoms with Crippen molar-refractivity contribution in [1.82, 2.24) is 9.38 Å². The lowest BCUT2D eigenvalue weighted by atomic mass is 10.3. The molecule has 0 saturated heterocycles. The number of benzene rings is 1. The van der Waals surface area contributed by atoms with E-state index in [1.54, 1.807) is 7.11 Å². The number of methoxy groups -OCH3 is 1. The van der Waals surface area contributed by atoms with Gasteiger partial charge in [-0.05, 0) is 36.4 Å². The lowest BCUT2D eigenvalue weighted by Gasteiger charge is -2.05. The third kappa shape index (κ3) is 2.36. The van der Waals surface area contributed by atoms with Gasteiger partial charge in [0.15, 0.2) is 0 Å². The second-order valence-electron chi connectivity index (χ2n) is 4.20. The van der Waals surface area contributed by atoms with E-state index >= 15 is 0 Å². The normalized spacial score (nSPS) is 10.7. The largest absolute Gasteiger partial charge is 0.497 e. The number of hydrogen-bond donors (Lipinski definition) is 0. The summed E-state index contributed by atoms with van der Waals surface area (Å²) in [6, 6.07) is 13.3. The van der Waals surface area contributed by atoms with E-state index in [-0.39, 0.29) is 0 Å². The molecule has 4 nitrogen and oxygen atoms in total. The standard InChI is InChI=1S/C15H13BrN2O2/c1-19-11-5-7-12(8-6-11)20-15-13(10-16)18-9-3-2-4-14(18)17-15/h2-9H,10H2,1H3. The molecule has 2 heterocycles. The van der Waals surface area contributed by atoms with E-state index in [0.29, 0.717) is 11.2 Å². The first-order valence-electron chi connectivity index (χ1n) is 6.15. The highest BCUT2D eigenvalue weighted by Gasteiger charge is 2.12. The van der Waals surface area contributed by atoms with Crippen molar-refractivity contribution in [3.8, 4) is 17.4 Å². The second-order valence-corrected chi connectivity index (χ2v) is 4.76. The van der Waals surface area contributed by atoms with Crippen molar-refractivity contribution in [2.24, 2.45) is 0 Å². The smallest absolute Gasteiger partial charge is 0.242 e. The molecule has 102 valence electrons. The molecule has 0 amide bonds. The number of halogens is 1. The summed E-state index contributed by atoms with van der Waals surface area (Å²) < 4.78 is 13.0. The Bertz CT molecular complexity index is 722. The molecule has 0 bridgehead atoms. The molecule has 0 radical (unpaired) electrons. The zero-order chi connectivity index (χ0) is 13.9. The number of rotatable bonds is 4. The van der Waals surface area contributed by atoms with Crippen molar-refractivity contribution in [3.05, 3.63) is 54.4 Å². The van der Waals surface area contributed by atoms with Crippen molar-refractivity contribution >= 4 is 21.6 Å². The van der Waals surface area contributed by atoms with Crippen molar-refractivity contribution < 1.29 is 9.47 Å². The number of imidazole rings is 1. The third-order valence-electron chi connectivity index (χ3n) is 2.99. The fourth-order valence-corrected chi connectivity index (χ4v) is 2.49. The van der Waals surface area contributed by atoms with E-state index in [1.165, 1.54) is 0 Å². The van der Waals surface area contributed by atoms with Crippen molar-refractivity contribution in [2.75, 3.05) is 7.11 Å². The summed E-state index contributed by atoms with van der Waals surface area (Å²) in [6.07, 6.45) is 1.97. The van der Waals surface area contributed by atoms with Gasteiger partial charge in [-0.3, -0.25) is 4.40 Å². The minimum Gasteiger partial charge on any atom is -0.497 e. The van der Waals surface area contributed by atoms with Crippen molar-refractivity contribution in [2.45, 2.75) is 5.33 Å². The van der Waals surface area contributed by atoms with Gasteiger partial charge >= 0.3 is 0 Å². The van der Waals surface area contributed by atoms with Crippen LogP contribution in [-0.4, -0.2) is 16.5 Å². The number of alkyl halides is 1. The molecular weight excluding hydrogens is 320 g/mol. The van der Waals surface area contributed by atoms with Crippen LogP contribution in [0, 0.1) is 0 Å². The number of hydrogen-bond acceptors (Lipinski definition) is 3. The maximum absolute atomic E-state index is 5.87. The molecule has 0 saturated carbocycles. The van der Waals surface area contributed by atoms with E-state index in [1.807, 2.05) is 53.1 Å². The fourth-order valence-electron chi connectivity index (χ4n) is 1.98. The van der Waals surface area contributed by atoms with Crippen LogP contribution in [0.1, 0.15) is 5.69 Å². The van der Waals surface area contributed by atoms with Gasteiger partial charge in [-0.15, -0.1) is 0 Å². The highest BCUT2D eigenvalue weighted by Crippen LogP contribution is 2.28. The molecule has 0 unspecified atom stereocenters. The fraction of sp³-hybridized carbons (Fsp3) is 0.133. The van der Waals surface area contributed by atoms with Gasteiger partial charge in [-0.1, -0.05) is 22.0 Å². The van der Waals surface area contributed by atoms with Crippen molar-refractivity contribution in [3.63, 3.8) is 0 Å². The summed E-state index contributed by atoms with van der Waals surface area (Å²) >= 11 is 3.48. The molecule has 0 spiro atoms. The molecule has 0 N–H and O–H groups in total.